The lowest BCUT2D eigenvalue weighted by Gasteiger charge is -2.22. The Kier molecular flexibility index (Phi) is 9.16. The number of amides is 2. The number of carbonyl (C=O) groups excluding carboxylic acids is 2. The second-order valence-electron chi connectivity index (χ2n) is 10.5. The van der Waals surface area contributed by atoms with Gasteiger partial charge in [0.25, 0.3) is 5.91 Å². The van der Waals surface area contributed by atoms with Crippen LogP contribution in [0.2, 0.25) is 0 Å². The van der Waals surface area contributed by atoms with Crippen molar-refractivity contribution < 1.29 is 18.7 Å². The molecule has 0 fully saturated rings. The summed E-state index contributed by atoms with van der Waals surface area (Å²) >= 11 is 0. The van der Waals surface area contributed by atoms with E-state index in [0.29, 0.717) is 41.7 Å². The zero-order valence-corrected chi connectivity index (χ0v) is 24.5. The molecule has 11 nitrogen and oxygen atoms in total. The Morgan fingerprint density at radius 1 is 1.24 bits per heavy atom. The molecule has 12 heteroatoms. The molecule has 0 atom stereocenters. The summed E-state index contributed by atoms with van der Waals surface area (Å²) in [6, 6.07) is 9.51. The van der Waals surface area contributed by atoms with Crippen molar-refractivity contribution in [3.8, 4) is 5.75 Å². The molecule has 2 aromatic carbocycles. The smallest absolute Gasteiger partial charge is 0.256 e. The highest BCUT2D eigenvalue weighted by Crippen LogP contribution is 2.38. The molecule has 0 saturated heterocycles. The summed E-state index contributed by atoms with van der Waals surface area (Å²) in [5.74, 6) is 0.256. The van der Waals surface area contributed by atoms with Crippen molar-refractivity contribution in [1.82, 2.24) is 15.2 Å². The Morgan fingerprint density at radius 3 is 2.69 bits per heavy atom. The number of ether oxygens (including phenoxy) is 1. The van der Waals surface area contributed by atoms with Crippen LogP contribution in [0.3, 0.4) is 0 Å². The minimum Gasteiger partial charge on any atom is -0.495 e. The monoisotopic (exact) mass is 576 g/mol. The largest absolute Gasteiger partial charge is 0.495 e. The number of amidine groups is 1. The molecule has 1 aliphatic rings. The van der Waals surface area contributed by atoms with E-state index in [1.165, 1.54) is 18.2 Å². The van der Waals surface area contributed by atoms with Gasteiger partial charge in [0.05, 0.1) is 30.6 Å². The summed E-state index contributed by atoms with van der Waals surface area (Å²) in [6.07, 6.45) is 2.40. The second kappa shape index (κ2) is 12.8. The van der Waals surface area contributed by atoms with Gasteiger partial charge in [-0.1, -0.05) is 12.6 Å². The minimum atomic E-state index is -0.697. The van der Waals surface area contributed by atoms with Gasteiger partial charge in [-0.15, -0.1) is 0 Å². The summed E-state index contributed by atoms with van der Waals surface area (Å²) in [5.41, 5.74) is 9.20. The number of nitrogens with zero attached hydrogens (tertiary/aromatic N) is 3. The lowest BCUT2D eigenvalue weighted by molar-refractivity contribution is -0.119. The molecular formula is C30H37FN8O3. The third kappa shape index (κ3) is 6.72. The van der Waals surface area contributed by atoms with Crippen molar-refractivity contribution in [2.24, 2.45) is 10.7 Å². The van der Waals surface area contributed by atoms with Crippen LogP contribution in [0, 0.1) is 5.82 Å². The number of methoxy groups -OCH3 is 1. The molecule has 0 unspecified atom stereocenters. The van der Waals surface area contributed by atoms with Crippen LogP contribution in [0.4, 0.5) is 27.3 Å². The molecule has 0 saturated carbocycles. The number of aromatic amines is 1. The molecule has 6 N–H and O–H groups in total. The van der Waals surface area contributed by atoms with E-state index in [4.69, 9.17) is 10.5 Å². The normalized spacial score (nSPS) is 12.9. The van der Waals surface area contributed by atoms with E-state index in [9.17, 15) is 14.0 Å². The zero-order chi connectivity index (χ0) is 30.6. The highest BCUT2D eigenvalue weighted by Gasteiger charge is 2.27. The number of anilines is 3. The number of nitrogens with two attached hydrogens (primary N) is 1. The van der Waals surface area contributed by atoms with Crippen LogP contribution in [0.1, 0.15) is 35.3 Å². The van der Waals surface area contributed by atoms with Gasteiger partial charge in [0.15, 0.2) is 0 Å². The van der Waals surface area contributed by atoms with Crippen LogP contribution in [-0.4, -0.2) is 67.9 Å². The van der Waals surface area contributed by atoms with Gasteiger partial charge < -0.3 is 41.2 Å². The topological polar surface area (TPSA) is 140 Å². The van der Waals surface area contributed by atoms with Gasteiger partial charge >= 0.3 is 0 Å². The number of aromatic nitrogens is 1. The predicted octanol–water partition coefficient (Wildman–Crippen LogP) is 3.78. The average molecular weight is 577 g/mol. The van der Waals surface area contributed by atoms with Crippen LogP contribution in [0.25, 0.3) is 0 Å². The number of fused-ring (bicyclic) bond motifs is 1. The van der Waals surface area contributed by atoms with Crippen molar-refractivity contribution in [2.75, 3.05) is 49.8 Å². The number of halogens is 1. The fourth-order valence-electron chi connectivity index (χ4n) is 4.68. The molecule has 1 aromatic heterocycles. The van der Waals surface area contributed by atoms with Gasteiger partial charge in [0.1, 0.15) is 34.6 Å². The van der Waals surface area contributed by atoms with E-state index in [0.717, 1.165) is 17.7 Å². The third-order valence-corrected chi connectivity index (χ3v) is 6.51. The molecule has 2 heterocycles. The maximum Gasteiger partial charge on any atom is 0.256 e. The third-order valence-electron chi connectivity index (χ3n) is 6.51. The summed E-state index contributed by atoms with van der Waals surface area (Å²) < 4.78 is 20.2. The van der Waals surface area contributed by atoms with Crippen LogP contribution in [0.5, 0.6) is 5.75 Å². The molecule has 1 aliphatic heterocycles. The van der Waals surface area contributed by atoms with E-state index < -0.39 is 11.7 Å². The number of likely N-dealkylation sites (N-methyl/N-ethyl adjacent to an activating group) is 1. The molecule has 4 rings (SSSR count). The minimum absolute atomic E-state index is 0.0146. The highest BCUT2D eigenvalue weighted by molar-refractivity contribution is 6.06. The van der Waals surface area contributed by atoms with Crippen LogP contribution < -0.4 is 31.3 Å². The van der Waals surface area contributed by atoms with E-state index in [2.05, 4.69) is 32.5 Å². The number of hydrogen-bond donors (Lipinski definition) is 5. The van der Waals surface area contributed by atoms with Gasteiger partial charge in [-0.25, -0.2) is 9.38 Å². The van der Waals surface area contributed by atoms with Crippen molar-refractivity contribution in [3.63, 3.8) is 0 Å². The Hall–Kier alpha value is -4.84. The van der Waals surface area contributed by atoms with Crippen molar-refractivity contribution in [3.05, 3.63) is 77.5 Å². The van der Waals surface area contributed by atoms with Crippen molar-refractivity contribution >= 4 is 40.5 Å². The summed E-state index contributed by atoms with van der Waals surface area (Å²) in [4.78, 5) is 36.5. The number of rotatable bonds is 11. The standard InChI is InChI=1S/C30H37FN8O3/c1-17(2)34-30(41)27-21(31)8-7-9-22(27)37-28(32)20-10-12-33-29(20)36-18(3)35-23-15-24-19(14-25(23)42-6)11-13-39(24)26(40)16-38(4)5/h7-10,12,14-15,17,33,35-36H,3,11,13,16H2,1-2,4-6H3,(H2,32,37)(H,34,41). The number of hydrogen-bond acceptors (Lipinski definition) is 7. The lowest BCUT2D eigenvalue weighted by Crippen LogP contribution is -2.36. The maximum atomic E-state index is 14.6. The van der Waals surface area contributed by atoms with Gasteiger partial charge in [-0.05, 0) is 70.3 Å². The maximum absolute atomic E-state index is 14.6. The predicted molar refractivity (Wildman–Crippen MR) is 164 cm³/mol. The van der Waals surface area contributed by atoms with Gasteiger partial charge in [-0.2, -0.15) is 0 Å². The Bertz CT molecular complexity index is 1530. The fourth-order valence-corrected chi connectivity index (χ4v) is 4.68. The van der Waals surface area contributed by atoms with E-state index >= 15 is 0 Å². The Balaban J connectivity index is 1.55. The Morgan fingerprint density at radius 2 is 2.00 bits per heavy atom. The van der Waals surface area contributed by atoms with Crippen molar-refractivity contribution in [1.29, 1.82) is 0 Å². The second-order valence-corrected chi connectivity index (χ2v) is 10.5. The number of carbonyl (C=O) groups is 2. The van der Waals surface area contributed by atoms with Crippen LogP contribution in [0.15, 0.2) is 60.0 Å². The summed E-state index contributed by atoms with van der Waals surface area (Å²) in [7, 11) is 5.30. The average Bonchev–Trinajstić information content (AvgIpc) is 3.54. The SMILES string of the molecule is C=C(Nc1cc2c(cc1OC)CCN2C(=O)CN(C)C)Nc1[nH]ccc1C(N)=Nc1cccc(F)c1C(=O)NC(C)C. The number of aliphatic imine (C=N–C) groups is 1. The first-order valence-corrected chi connectivity index (χ1v) is 13.5. The zero-order valence-electron chi connectivity index (χ0n) is 24.5. The Labute approximate surface area is 244 Å². The molecule has 0 spiro atoms. The molecule has 0 radical (unpaired) electrons. The molecule has 222 valence electrons. The van der Waals surface area contributed by atoms with E-state index in [1.807, 2.05) is 31.1 Å². The molecule has 42 heavy (non-hydrogen) atoms. The van der Waals surface area contributed by atoms with E-state index in [-0.39, 0.29) is 29.0 Å². The van der Waals surface area contributed by atoms with Crippen LogP contribution >= 0.6 is 0 Å². The van der Waals surface area contributed by atoms with Crippen molar-refractivity contribution in [2.45, 2.75) is 26.3 Å². The van der Waals surface area contributed by atoms with Crippen LogP contribution in [-0.2, 0) is 11.2 Å². The summed E-state index contributed by atoms with van der Waals surface area (Å²) in [5, 5.41) is 9.04. The quantitative estimate of drug-likeness (QED) is 0.173. The molecule has 3 aromatic rings. The first-order chi connectivity index (χ1) is 20.0. The van der Waals surface area contributed by atoms with E-state index in [1.54, 1.807) is 38.1 Å². The summed E-state index contributed by atoms with van der Waals surface area (Å²) in [6.45, 7) is 8.56. The molecule has 0 aliphatic carbocycles. The number of nitrogens with one attached hydrogen (secondary N) is 4. The first kappa shape index (κ1) is 30.1. The van der Waals surface area contributed by atoms with Gasteiger partial charge in [-0.3, -0.25) is 9.59 Å². The molecule has 0 bridgehead atoms. The highest BCUT2D eigenvalue weighted by atomic mass is 19.1. The fraction of sp³-hybridized carbons (Fsp3) is 0.300. The molecule has 2 amide bonds. The van der Waals surface area contributed by atoms with Gasteiger partial charge in [0, 0.05) is 24.5 Å². The first-order valence-electron chi connectivity index (χ1n) is 13.5. The number of benzene rings is 2. The van der Waals surface area contributed by atoms with Gasteiger partial charge in [0.2, 0.25) is 5.91 Å². The molecular weight excluding hydrogens is 539 g/mol. The number of H-pyrrole nitrogens is 1. The lowest BCUT2D eigenvalue weighted by atomic mass is 10.1.